The molecular weight excluding hydrogens is 226 g/mol. The van der Waals surface area contributed by atoms with Gasteiger partial charge in [-0.2, -0.15) is 4.99 Å². The molecule has 0 aromatic heterocycles. The number of hydrogen-bond acceptors (Lipinski definition) is 1. The molecule has 1 aliphatic heterocycles. The molecule has 0 saturated carbocycles. The van der Waals surface area contributed by atoms with Crippen LogP contribution >= 0.6 is 0 Å². The maximum atomic E-state index is 7.90. The molecule has 4 N–H and O–H groups in total. The van der Waals surface area contributed by atoms with E-state index < -0.39 is 0 Å². The van der Waals surface area contributed by atoms with Crippen LogP contribution in [0.25, 0.3) is 0 Å². The van der Waals surface area contributed by atoms with Crippen molar-refractivity contribution in [3.8, 4) is 0 Å². The lowest BCUT2D eigenvalue weighted by atomic mass is 10.1. The summed E-state index contributed by atoms with van der Waals surface area (Å²) in [6, 6.07) is 0. The molecular formula is C13H23N5. The third-order valence-corrected chi connectivity index (χ3v) is 2.81. The predicted molar refractivity (Wildman–Crippen MR) is 76.5 cm³/mol. The van der Waals surface area contributed by atoms with Crippen LogP contribution in [0, 0.1) is 5.41 Å². The third-order valence-electron chi connectivity index (χ3n) is 2.81. The first-order valence-electron chi connectivity index (χ1n) is 6.41. The Hall–Kier alpha value is -1.78. The van der Waals surface area contributed by atoms with Crippen molar-refractivity contribution in [2.75, 3.05) is 13.1 Å². The summed E-state index contributed by atoms with van der Waals surface area (Å²) < 4.78 is 0. The largest absolute Gasteiger partial charge is 0.369 e. The monoisotopic (exact) mass is 249 g/mol. The van der Waals surface area contributed by atoms with Crippen molar-refractivity contribution < 1.29 is 0 Å². The molecule has 1 rings (SSSR count). The Morgan fingerprint density at radius 3 is 2.50 bits per heavy atom. The highest BCUT2D eigenvalue weighted by molar-refractivity contribution is 5.93. The fourth-order valence-electron chi connectivity index (χ4n) is 1.86. The molecule has 1 aliphatic rings. The smallest absolute Gasteiger partial charge is 0.221 e. The van der Waals surface area contributed by atoms with Crippen molar-refractivity contribution in [3.63, 3.8) is 0 Å². The number of hydrogen-bond donors (Lipinski definition) is 3. The number of rotatable bonds is 2. The number of nitrogens with zero attached hydrogens (tertiary/aromatic N) is 2. The van der Waals surface area contributed by atoms with Gasteiger partial charge in [-0.05, 0) is 39.2 Å². The van der Waals surface area contributed by atoms with E-state index in [1.165, 1.54) is 6.42 Å². The van der Waals surface area contributed by atoms with E-state index in [-0.39, 0.29) is 11.9 Å². The zero-order valence-electron chi connectivity index (χ0n) is 11.2. The number of aliphatic imine (C=N–C) groups is 1. The lowest BCUT2D eigenvalue weighted by Gasteiger charge is -2.26. The summed E-state index contributed by atoms with van der Waals surface area (Å²) in [7, 11) is 0. The lowest BCUT2D eigenvalue weighted by molar-refractivity contribution is 0.337. The molecule has 1 saturated heterocycles. The van der Waals surface area contributed by atoms with E-state index in [2.05, 4.69) is 10.3 Å². The van der Waals surface area contributed by atoms with E-state index in [0.717, 1.165) is 31.6 Å². The molecule has 5 nitrogen and oxygen atoms in total. The van der Waals surface area contributed by atoms with E-state index in [1.807, 2.05) is 37.0 Å². The quantitative estimate of drug-likeness (QED) is 0.396. The van der Waals surface area contributed by atoms with Crippen LogP contribution in [0.1, 0.15) is 33.1 Å². The predicted octanol–water partition coefficient (Wildman–Crippen LogP) is 1.79. The van der Waals surface area contributed by atoms with Crippen LogP contribution in [0.4, 0.5) is 0 Å². The summed E-state index contributed by atoms with van der Waals surface area (Å²) in [5, 5.41) is 10.9. The van der Waals surface area contributed by atoms with Crippen molar-refractivity contribution in [1.29, 1.82) is 5.41 Å². The minimum atomic E-state index is 0.246. The van der Waals surface area contributed by atoms with Gasteiger partial charge in [-0.1, -0.05) is 12.2 Å². The maximum Gasteiger partial charge on any atom is 0.221 e. The molecule has 0 aliphatic carbocycles. The summed E-state index contributed by atoms with van der Waals surface area (Å²) in [5.41, 5.74) is 6.66. The fourth-order valence-corrected chi connectivity index (χ4v) is 1.86. The number of nitrogens with two attached hydrogens (primary N) is 1. The second kappa shape index (κ2) is 7.53. The van der Waals surface area contributed by atoms with Crippen LogP contribution in [0.3, 0.4) is 0 Å². The van der Waals surface area contributed by atoms with Crippen molar-refractivity contribution in [2.45, 2.75) is 33.1 Å². The topological polar surface area (TPSA) is 77.5 Å². The fraction of sp³-hybridized carbons (Fsp3) is 0.538. The van der Waals surface area contributed by atoms with E-state index in [9.17, 15) is 0 Å². The van der Waals surface area contributed by atoms with Crippen LogP contribution in [-0.2, 0) is 0 Å². The Bertz CT molecular complexity index is 362. The first-order valence-corrected chi connectivity index (χ1v) is 6.41. The lowest BCUT2D eigenvalue weighted by Crippen LogP contribution is -2.38. The van der Waals surface area contributed by atoms with Crippen LogP contribution in [0.15, 0.2) is 28.9 Å². The zero-order chi connectivity index (χ0) is 13.4. The SMILES string of the molecule is C/C=C\C(=C/C)NC(N)=NC(=N)N1CCCCC1. The maximum absolute atomic E-state index is 7.90. The van der Waals surface area contributed by atoms with Crippen LogP contribution in [0.2, 0.25) is 0 Å². The van der Waals surface area contributed by atoms with Gasteiger partial charge < -0.3 is 16.0 Å². The summed E-state index contributed by atoms with van der Waals surface area (Å²) in [6.07, 6.45) is 9.24. The van der Waals surface area contributed by atoms with Gasteiger partial charge in [-0.15, -0.1) is 0 Å². The van der Waals surface area contributed by atoms with Crippen LogP contribution in [0.5, 0.6) is 0 Å². The summed E-state index contributed by atoms with van der Waals surface area (Å²) in [5.74, 6) is 0.507. The average molecular weight is 249 g/mol. The van der Waals surface area contributed by atoms with E-state index in [4.69, 9.17) is 11.1 Å². The van der Waals surface area contributed by atoms with E-state index in [0.29, 0.717) is 0 Å². The standard InChI is InChI=1S/C13H23N5/c1-3-8-11(4-2)16-12(14)17-13(15)18-9-6-5-7-10-18/h3-4,8H,5-7,9-10H2,1-2H3,(H4,14,15,16,17)/b8-3-,11-4+. The summed E-state index contributed by atoms with van der Waals surface area (Å²) in [6.45, 7) is 5.67. The second-order valence-corrected chi connectivity index (χ2v) is 4.24. The molecule has 1 fully saturated rings. The van der Waals surface area contributed by atoms with Gasteiger partial charge in [-0.3, -0.25) is 5.41 Å². The van der Waals surface area contributed by atoms with Gasteiger partial charge in [0.2, 0.25) is 11.9 Å². The molecule has 0 bridgehead atoms. The number of allylic oxidation sites excluding steroid dienone is 3. The minimum Gasteiger partial charge on any atom is -0.369 e. The number of nitrogens with one attached hydrogen (secondary N) is 2. The van der Waals surface area contributed by atoms with Gasteiger partial charge in [-0.25, -0.2) is 0 Å². The van der Waals surface area contributed by atoms with Gasteiger partial charge in [0, 0.05) is 18.8 Å². The summed E-state index contributed by atoms with van der Waals surface area (Å²) >= 11 is 0. The zero-order valence-corrected chi connectivity index (χ0v) is 11.2. The number of likely N-dealkylation sites (tertiary alicyclic amines) is 1. The first kappa shape index (κ1) is 14.3. The molecule has 0 unspecified atom stereocenters. The van der Waals surface area contributed by atoms with Gasteiger partial charge in [0.15, 0.2) is 0 Å². The van der Waals surface area contributed by atoms with Crippen LogP contribution < -0.4 is 11.1 Å². The summed E-state index contributed by atoms with van der Waals surface area (Å²) in [4.78, 5) is 6.05. The van der Waals surface area contributed by atoms with Crippen molar-refractivity contribution in [2.24, 2.45) is 10.7 Å². The molecule has 0 aromatic rings. The number of guanidine groups is 2. The molecule has 0 atom stereocenters. The van der Waals surface area contributed by atoms with E-state index in [1.54, 1.807) is 0 Å². The van der Waals surface area contributed by atoms with Gasteiger partial charge in [0.05, 0.1) is 0 Å². The van der Waals surface area contributed by atoms with Gasteiger partial charge in [0.25, 0.3) is 0 Å². The Balaban J connectivity index is 2.56. The van der Waals surface area contributed by atoms with Crippen molar-refractivity contribution in [3.05, 3.63) is 23.9 Å². The molecule has 18 heavy (non-hydrogen) atoms. The van der Waals surface area contributed by atoms with Crippen molar-refractivity contribution >= 4 is 11.9 Å². The molecule has 100 valence electrons. The van der Waals surface area contributed by atoms with Gasteiger partial charge in [0.1, 0.15) is 0 Å². The first-order chi connectivity index (χ1) is 8.67. The molecule has 0 radical (unpaired) electrons. The Morgan fingerprint density at radius 1 is 1.28 bits per heavy atom. The average Bonchev–Trinajstić information content (AvgIpc) is 2.39. The molecule has 0 spiro atoms. The highest BCUT2D eigenvalue weighted by Gasteiger charge is 2.12. The molecule has 0 amide bonds. The van der Waals surface area contributed by atoms with Crippen molar-refractivity contribution in [1.82, 2.24) is 10.2 Å². The minimum absolute atomic E-state index is 0.246. The van der Waals surface area contributed by atoms with Gasteiger partial charge >= 0.3 is 0 Å². The highest BCUT2D eigenvalue weighted by Crippen LogP contribution is 2.08. The molecule has 1 heterocycles. The Labute approximate surface area is 109 Å². The second-order valence-electron chi connectivity index (χ2n) is 4.24. The molecule has 5 heteroatoms. The molecule has 0 aromatic carbocycles. The Kier molecular flexibility index (Phi) is 5.97. The Morgan fingerprint density at radius 2 is 1.94 bits per heavy atom. The van der Waals surface area contributed by atoms with E-state index >= 15 is 0 Å². The highest BCUT2D eigenvalue weighted by atomic mass is 15.3. The third kappa shape index (κ3) is 4.61. The number of piperidine rings is 1. The normalized spacial score (nSPS) is 18.2. The van der Waals surface area contributed by atoms with Crippen LogP contribution in [-0.4, -0.2) is 29.9 Å².